The lowest BCUT2D eigenvalue weighted by atomic mass is 9.72. The maximum Gasteiger partial charge on any atom is 0.254 e. The summed E-state index contributed by atoms with van der Waals surface area (Å²) in [6.07, 6.45) is 4.77. The molecule has 2 N–H and O–H groups in total. The molecule has 198 valence electrons. The van der Waals surface area contributed by atoms with Gasteiger partial charge in [0.05, 0.1) is 29.8 Å². The minimum absolute atomic E-state index is 0.0359. The second kappa shape index (κ2) is 9.58. The van der Waals surface area contributed by atoms with Crippen molar-refractivity contribution in [2.75, 3.05) is 16.8 Å². The molecule has 7 nitrogen and oxygen atoms in total. The van der Waals surface area contributed by atoms with Gasteiger partial charge in [0, 0.05) is 21.9 Å². The number of anilines is 1. The fraction of sp³-hybridized carbons (Fsp3) is 0.500. The Kier molecular flexibility index (Phi) is 6.73. The van der Waals surface area contributed by atoms with Crippen molar-refractivity contribution in [2.24, 2.45) is 11.3 Å². The molecule has 0 bridgehead atoms. The molecule has 9 heteroatoms. The van der Waals surface area contributed by atoms with Crippen molar-refractivity contribution in [1.82, 2.24) is 5.32 Å². The molecule has 1 fully saturated rings. The largest absolute Gasteiger partial charge is 0.464 e. The topological polar surface area (TPSA) is 105 Å². The Hall–Kier alpha value is -2.65. The number of thiophene rings is 1. The first-order valence-electron chi connectivity index (χ1n) is 12.8. The van der Waals surface area contributed by atoms with Crippen molar-refractivity contribution < 1.29 is 22.4 Å². The van der Waals surface area contributed by atoms with Crippen LogP contribution in [0.1, 0.15) is 65.5 Å². The molecule has 3 heterocycles. The monoisotopic (exact) mass is 542 g/mol. The number of furan rings is 1. The average molecular weight is 543 g/mol. The van der Waals surface area contributed by atoms with Gasteiger partial charge in [-0.15, -0.1) is 11.3 Å². The molecule has 2 unspecified atom stereocenters. The van der Waals surface area contributed by atoms with Gasteiger partial charge >= 0.3 is 0 Å². The van der Waals surface area contributed by atoms with E-state index in [1.807, 2.05) is 25.1 Å². The van der Waals surface area contributed by atoms with Gasteiger partial charge in [-0.05, 0) is 61.6 Å². The van der Waals surface area contributed by atoms with E-state index in [4.69, 9.17) is 4.42 Å². The van der Waals surface area contributed by atoms with E-state index in [-0.39, 0.29) is 35.2 Å². The van der Waals surface area contributed by atoms with Crippen molar-refractivity contribution in [3.8, 4) is 0 Å². The van der Waals surface area contributed by atoms with Crippen LogP contribution in [0.4, 0.5) is 5.00 Å². The van der Waals surface area contributed by atoms with E-state index in [1.165, 1.54) is 11.3 Å². The molecule has 2 atom stereocenters. The number of hydrogen-bond donors (Lipinski definition) is 2. The molecular formula is C28H34N2O5S2. The first-order chi connectivity index (χ1) is 17.4. The third kappa shape index (κ3) is 5.48. The molecule has 1 aliphatic heterocycles. The van der Waals surface area contributed by atoms with Crippen LogP contribution < -0.4 is 10.6 Å². The Morgan fingerprint density at radius 1 is 1.19 bits per heavy atom. The van der Waals surface area contributed by atoms with E-state index in [2.05, 4.69) is 31.4 Å². The van der Waals surface area contributed by atoms with Crippen molar-refractivity contribution >= 4 is 49.0 Å². The van der Waals surface area contributed by atoms with E-state index in [1.54, 1.807) is 6.26 Å². The standard InChI is InChI=1S/C28H34N2O5S2/c1-16-5-8-22-21(11-16)17(14-35-22)12-24(31)30-27-25(26(32)29-19-9-10-37(33,34)15-19)20-7-6-18(28(2,3)4)13-23(20)36-27/h5,8,11,14,18-19H,6-7,9-10,12-13,15H2,1-4H3,(H,29,32)(H,30,31). The van der Waals surface area contributed by atoms with Gasteiger partial charge in [-0.2, -0.15) is 0 Å². The van der Waals surface area contributed by atoms with Gasteiger partial charge in [0.25, 0.3) is 5.91 Å². The van der Waals surface area contributed by atoms with Gasteiger partial charge in [0.2, 0.25) is 5.91 Å². The lowest BCUT2D eigenvalue weighted by molar-refractivity contribution is -0.115. The van der Waals surface area contributed by atoms with Gasteiger partial charge in [-0.3, -0.25) is 9.59 Å². The summed E-state index contributed by atoms with van der Waals surface area (Å²) < 4.78 is 29.5. The van der Waals surface area contributed by atoms with Crippen LogP contribution in [0.3, 0.4) is 0 Å². The fourth-order valence-electron chi connectivity index (χ4n) is 5.50. The Bertz CT molecular complexity index is 1480. The van der Waals surface area contributed by atoms with E-state index in [0.29, 0.717) is 22.9 Å². The zero-order valence-corrected chi connectivity index (χ0v) is 23.4. The summed E-state index contributed by atoms with van der Waals surface area (Å²) in [6.45, 7) is 8.72. The highest BCUT2D eigenvalue weighted by molar-refractivity contribution is 7.91. The second-order valence-electron chi connectivity index (χ2n) is 11.6. The predicted molar refractivity (Wildman–Crippen MR) is 147 cm³/mol. The molecular weight excluding hydrogens is 508 g/mol. The summed E-state index contributed by atoms with van der Waals surface area (Å²) in [4.78, 5) is 27.8. The summed E-state index contributed by atoms with van der Waals surface area (Å²) in [7, 11) is -3.12. The highest BCUT2D eigenvalue weighted by Gasteiger charge is 2.36. The smallest absolute Gasteiger partial charge is 0.254 e. The van der Waals surface area contributed by atoms with Gasteiger partial charge in [-0.25, -0.2) is 8.42 Å². The Morgan fingerprint density at radius 2 is 1.97 bits per heavy atom. The maximum absolute atomic E-state index is 13.5. The first-order valence-corrected chi connectivity index (χ1v) is 15.5. The molecule has 0 radical (unpaired) electrons. The van der Waals surface area contributed by atoms with Crippen molar-refractivity contribution in [2.45, 2.75) is 65.8 Å². The molecule has 0 spiro atoms. The fourth-order valence-corrected chi connectivity index (χ4v) is 8.51. The highest BCUT2D eigenvalue weighted by atomic mass is 32.2. The second-order valence-corrected chi connectivity index (χ2v) is 14.9. The number of nitrogens with one attached hydrogen (secondary N) is 2. The molecule has 1 saturated heterocycles. The quantitative estimate of drug-likeness (QED) is 0.469. The minimum atomic E-state index is -3.12. The van der Waals surface area contributed by atoms with Crippen LogP contribution in [0.25, 0.3) is 11.0 Å². The highest BCUT2D eigenvalue weighted by Crippen LogP contribution is 2.44. The van der Waals surface area contributed by atoms with Crippen molar-refractivity contribution in [3.05, 3.63) is 51.6 Å². The zero-order valence-electron chi connectivity index (χ0n) is 21.8. The van der Waals surface area contributed by atoms with Crippen molar-refractivity contribution in [1.29, 1.82) is 0 Å². The average Bonchev–Trinajstić information content (AvgIpc) is 3.47. The number of sulfone groups is 1. The van der Waals surface area contributed by atoms with Crippen LogP contribution >= 0.6 is 11.3 Å². The third-order valence-electron chi connectivity index (χ3n) is 7.70. The lowest BCUT2D eigenvalue weighted by Crippen LogP contribution is -2.36. The number of fused-ring (bicyclic) bond motifs is 2. The molecule has 2 amide bonds. The SMILES string of the molecule is Cc1ccc2occ(CC(=O)Nc3sc4c(c3C(=O)NC3CCS(=O)(=O)C3)CCC(C(C)(C)C)C4)c2c1. The van der Waals surface area contributed by atoms with Gasteiger partial charge < -0.3 is 15.1 Å². The van der Waals surface area contributed by atoms with Gasteiger partial charge in [-0.1, -0.05) is 32.4 Å². The maximum atomic E-state index is 13.5. The van der Waals surface area contributed by atoms with Gasteiger partial charge in [0.15, 0.2) is 9.84 Å². The van der Waals surface area contributed by atoms with E-state index in [0.717, 1.165) is 51.8 Å². The Labute approximate surface area is 221 Å². The van der Waals surface area contributed by atoms with Crippen LogP contribution in [-0.4, -0.2) is 37.8 Å². The van der Waals surface area contributed by atoms with Crippen LogP contribution in [0.15, 0.2) is 28.9 Å². The lowest BCUT2D eigenvalue weighted by Gasteiger charge is -2.33. The number of amides is 2. The number of aryl methyl sites for hydroxylation is 1. The summed E-state index contributed by atoms with van der Waals surface area (Å²) in [6, 6.07) is 5.48. The van der Waals surface area contributed by atoms with E-state index < -0.39 is 15.9 Å². The molecule has 1 aliphatic carbocycles. The third-order valence-corrected chi connectivity index (χ3v) is 10.6. The minimum Gasteiger partial charge on any atom is -0.464 e. The number of benzene rings is 1. The summed E-state index contributed by atoms with van der Waals surface area (Å²) in [5.41, 5.74) is 4.25. The number of hydrogen-bond acceptors (Lipinski definition) is 6. The van der Waals surface area contributed by atoms with E-state index in [9.17, 15) is 18.0 Å². The Balaban J connectivity index is 1.42. The molecule has 3 aromatic rings. The van der Waals surface area contributed by atoms with E-state index >= 15 is 0 Å². The number of carbonyl (C=O) groups excluding carboxylic acids is 2. The number of rotatable bonds is 5. The molecule has 5 rings (SSSR count). The Morgan fingerprint density at radius 3 is 2.68 bits per heavy atom. The summed E-state index contributed by atoms with van der Waals surface area (Å²) in [5.74, 6) is 0.0281. The molecule has 0 saturated carbocycles. The number of carbonyl (C=O) groups is 2. The molecule has 2 aromatic heterocycles. The summed E-state index contributed by atoms with van der Waals surface area (Å²) >= 11 is 1.48. The van der Waals surface area contributed by atoms with Crippen molar-refractivity contribution in [3.63, 3.8) is 0 Å². The normalized spacial score (nSPS) is 21.1. The molecule has 1 aromatic carbocycles. The predicted octanol–water partition coefficient (Wildman–Crippen LogP) is 5.05. The summed E-state index contributed by atoms with van der Waals surface area (Å²) in [5, 5.41) is 7.42. The van der Waals surface area contributed by atoms with Crippen LogP contribution in [0.5, 0.6) is 0 Å². The molecule has 37 heavy (non-hydrogen) atoms. The van der Waals surface area contributed by atoms with Gasteiger partial charge in [0.1, 0.15) is 10.6 Å². The van der Waals surface area contributed by atoms with Crippen LogP contribution in [0.2, 0.25) is 0 Å². The first kappa shape index (κ1) is 26.0. The zero-order chi connectivity index (χ0) is 26.5. The molecule has 2 aliphatic rings. The van der Waals surface area contributed by atoms with Crippen LogP contribution in [0, 0.1) is 18.3 Å². The van der Waals surface area contributed by atoms with Crippen LogP contribution in [-0.2, 0) is 33.9 Å².